The Kier molecular flexibility index (Phi) is 5.35. The van der Waals surface area contributed by atoms with E-state index in [2.05, 4.69) is 22.5 Å². The number of amides is 1. The lowest BCUT2D eigenvalue weighted by Gasteiger charge is -2.28. The smallest absolute Gasteiger partial charge is 0.237 e. The van der Waals surface area contributed by atoms with Gasteiger partial charge in [-0.3, -0.25) is 4.79 Å². The van der Waals surface area contributed by atoms with E-state index in [-0.39, 0.29) is 11.9 Å². The molecule has 20 heavy (non-hydrogen) atoms. The Bertz CT molecular complexity index is 450. The van der Waals surface area contributed by atoms with E-state index >= 15 is 0 Å². The van der Waals surface area contributed by atoms with Crippen LogP contribution in [0.1, 0.15) is 31.7 Å². The van der Waals surface area contributed by atoms with Gasteiger partial charge in [-0.25, -0.2) is 4.98 Å². The lowest BCUT2D eigenvalue weighted by molar-refractivity contribution is -0.124. The monoisotopic (exact) mass is 277 g/mol. The standard InChI is InChI=1S/C15H23N3O2/c1-3-11-4-6-16-13(8-11)15(19)18-10-12-5-7-17-14(9-12)20-2/h5,7,9,11,13,16H,3-4,6,8,10H2,1-2H3,(H,18,19). The molecule has 1 saturated heterocycles. The van der Waals surface area contributed by atoms with E-state index in [1.807, 2.05) is 12.1 Å². The SMILES string of the molecule is CCC1CCNC(C(=O)NCc2ccnc(OC)c2)C1. The first-order valence-electron chi connectivity index (χ1n) is 7.23. The lowest BCUT2D eigenvalue weighted by Crippen LogP contribution is -2.48. The van der Waals surface area contributed by atoms with Crippen LogP contribution in [0.15, 0.2) is 18.3 Å². The number of methoxy groups -OCH3 is 1. The molecule has 2 unspecified atom stereocenters. The number of piperidine rings is 1. The molecule has 2 rings (SSSR count). The third-order valence-electron chi connectivity index (χ3n) is 3.88. The van der Waals surface area contributed by atoms with Crippen molar-refractivity contribution in [1.82, 2.24) is 15.6 Å². The van der Waals surface area contributed by atoms with Gasteiger partial charge in [0.15, 0.2) is 0 Å². The number of hydrogen-bond acceptors (Lipinski definition) is 4. The average molecular weight is 277 g/mol. The van der Waals surface area contributed by atoms with Crippen LogP contribution < -0.4 is 15.4 Å². The first-order valence-corrected chi connectivity index (χ1v) is 7.23. The van der Waals surface area contributed by atoms with Gasteiger partial charge in [-0.1, -0.05) is 13.3 Å². The fraction of sp³-hybridized carbons (Fsp3) is 0.600. The molecule has 1 aromatic heterocycles. The maximum absolute atomic E-state index is 12.2. The summed E-state index contributed by atoms with van der Waals surface area (Å²) >= 11 is 0. The first-order chi connectivity index (χ1) is 9.72. The number of nitrogens with zero attached hydrogens (tertiary/aromatic N) is 1. The van der Waals surface area contributed by atoms with E-state index in [1.165, 1.54) is 6.42 Å². The number of carbonyl (C=O) groups excluding carboxylic acids is 1. The Morgan fingerprint density at radius 2 is 2.45 bits per heavy atom. The third kappa shape index (κ3) is 3.93. The van der Waals surface area contributed by atoms with Gasteiger partial charge in [-0.05, 0) is 36.9 Å². The van der Waals surface area contributed by atoms with Crippen LogP contribution in [-0.4, -0.2) is 30.6 Å². The molecule has 5 nitrogen and oxygen atoms in total. The molecule has 5 heteroatoms. The van der Waals surface area contributed by atoms with Crippen LogP contribution >= 0.6 is 0 Å². The van der Waals surface area contributed by atoms with Crippen molar-refractivity contribution in [3.8, 4) is 5.88 Å². The number of pyridine rings is 1. The van der Waals surface area contributed by atoms with E-state index in [1.54, 1.807) is 13.3 Å². The second-order valence-corrected chi connectivity index (χ2v) is 5.23. The van der Waals surface area contributed by atoms with E-state index in [0.29, 0.717) is 18.3 Å². The van der Waals surface area contributed by atoms with Gasteiger partial charge >= 0.3 is 0 Å². The Morgan fingerprint density at radius 1 is 1.60 bits per heavy atom. The van der Waals surface area contributed by atoms with Gasteiger partial charge in [-0.15, -0.1) is 0 Å². The molecule has 1 aliphatic rings. The first kappa shape index (κ1) is 14.8. The summed E-state index contributed by atoms with van der Waals surface area (Å²) in [7, 11) is 1.58. The summed E-state index contributed by atoms with van der Waals surface area (Å²) in [5.41, 5.74) is 0.994. The molecule has 110 valence electrons. The van der Waals surface area contributed by atoms with E-state index in [0.717, 1.165) is 24.9 Å². The number of rotatable bonds is 5. The number of aromatic nitrogens is 1. The van der Waals surface area contributed by atoms with Gasteiger partial charge in [-0.2, -0.15) is 0 Å². The molecule has 1 fully saturated rings. The summed E-state index contributed by atoms with van der Waals surface area (Å²) in [4.78, 5) is 16.2. The van der Waals surface area contributed by atoms with Crippen LogP contribution in [-0.2, 0) is 11.3 Å². The largest absolute Gasteiger partial charge is 0.481 e. The van der Waals surface area contributed by atoms with Crippen LogP contribution in [0.25, 0.3) is 0 Å². The Hall–Kier alpha value is -1.62. The molecule has 1 amide bonds. The predicted molar refractivity (Wildman–Crippen MR) is 77.4 cm³/mol. The Morgan fingerprint density at radius 3 is 3.20 bits per heavy atom. The van der Waals surface area contributed by atoms with Crippen molar-refractivity contribution in [2.24, 2.45) is 5.92 Å². The average Bonchev–Trinajstić information content (AvgIpc) is 2.52. The molecule has 0 aromatic carbocycles. The van der Waals surface area contributed by atoms with Gasteiger partial charge in [0.25, 0.3) is 0 Å². The Balaban J connectivity index is 1.85. The fourth-order valence-electron chi connectivity index (χ4n) is 2.55. The zero-order chi connectivity index (χ0) is 14.4. The predicted octanol–water partition coefficient (Wildman–Crippen LogP) is 1.48. The van der Waals surface area contributed by atoms with Crippen molar-refractivity contribution < 1.29 is 9.53 Å². The highest BCUT2D eigenvalue weighted by molar-refractivity contribution is 5.81. The summed E-state index contributed by atoms with van der Waals surface area (Å²) in [6.07, 6.45) is 4.93. The number of ether oxygens (including phenoxy) is 1. The number of hydrogen-bond donors (Lipinski definition) is 2. The second kappa shape index (κ2) is 7.24. The molecule has 0 spiro atoms. The fourth-order valence-corrected chi connectivity index (χ4v) is 2.55. The van der Waals surface area contributed by atoms with Crippen molar-refractivity contribution in [3.05, 3.63) is 23.9 Å². The van der Waals surface area contributed by atoms with Crippen LogP contribution in [0.4, 0.5) is 0 Å². The molecule has 1 aromatic rings. The Labute approximate surface area is 120 Å². The van der Waals surface area contributed by atoms with Crippen LogP contribution in [0.3, 0.4) is 0 Å². The van der Waals surface area contributed by atoms with Crippen LogP contribution in [0.5, 0.6) is 5.88 Å². The van der Waals surface area contributed by atoms with Gasteiger partial charge in [0.05, 0.1) is 13.2 Å². The minimum absolute atomic E-state index is 0.0579. The quantitative estimate of drug-likeness (QED) is 0.856. The highest BCUT2D eigenvalue weighted by Gasteiger charge is 2.25. The minimum Gasteiger partial charge on any atom is -0.481 e. The van der Waals surface area contributed by atoms with E-state index in [9.17, 15) is 4.79 Å². The molecule has 2 heterocycles. The van der Waals surface area contributed by atoms with Crippen molar-refractivity contribution in [2.75, 3.05) is 13.7 Å². The molecule has 0 saturated carbocycles. The molecule has 1 aliphatic heterocycles. The molecule has 0 aliphatic carbocycles. The molecule has 2 atom stereocenters. The lowest BCUT2D eigenvalue weighted by atomic mass is 9.90. The van der Waals surface area contributed by atoms with Crippen LogP contribution in [0, 0.1) is 5.92 Å². The molecule has 0 radical (unpaired) electrons. The summed E-state index contributed by atoms with van der Waals surface area (Å²) in [6.45, 7) is 3.63. The molecule has 0 bridgehead atoms. The minimum atomic E-state index is -0.0579. The van der Waals surface area contributed by atoms with Crippen molar-refractivity contribution in [3.63, 3.8) is 0 Å². The topological polar surface area (TPSA) is 63.2 Å². The normalized spacial score (nSPS) is 22.3. The van der Waals surface area contributed by atoms with Crippen molar-refractivity contribution in [2.45, 2.75) is 38.8 Å². The van der Waals surface area contributed by atoms with Gasteiger partial charge < -0.3 is 15.4 Å². The highest BCUT2D eigenvalue weighted by atomic mass is 16.5. The van der Waals surface area contributed by atoms with Crippen molar-refractivity contribution in [1.29, 1.82) is 0 Å². The molecular weight excluding hydrogens is 254 g/mol. The third-order valence-corrected chi connectivity index (χ3v) is 3.88. The van der Waals surface area contributed by atoms with E-state index in [4.69, 9.17) is 4.74 Å². The zero-order valence-electron chi connectivity index (χ0n) is 12.2. The van der Waals surface area contributed by atoms with Crippen molar-refractivity contribution >= 4 is 5.91 Å². The van der Waals surface area contributed by atoms with Crippen LogP contribution in [0.2, 0.25) is 0 Å². The van der Waals surface area contributed by atoms with Gasteiger partial charge in [0.1, 0.15) is 0 Å². The molecule has 2 N–H and O–H groups in total. The second-order valence-electron chi connectivity index (χ2n) is 5.23. The summed E-state index contributed by atoms with van der Waals surface area (Å²) in [5, 5.41) is 6.27. The van der Waals surface area contributed by atoms with E-state index < -0.39 is 0 Å². The maximum Gasteiger partial charge on any atom is 0.237 e. The number of carbonyl (C=O) groups is 1. The maximum atomic E-state index is 12.2. The highest BCUT2D eigenvalue weighted by Crippen LogP contribution is 2.19. The van der Waals surface area contributed by atoms with Gasteiger partial charge in [0.2, 0.25) is 11.8 Å². The van der Waals surface area contributed by atoms with Gasteiger partial charge in [0, 0.05) is 18.8 Å². The molecular formula is C15H23N3O2. The summed E-state index contributed by atoms with van der Waals surface area (Å²) in [6, 6.07) is 3.66. The summed E-state index contributed by atoms with van der Waals surface area (Å²) < 4.78 is 5.07. The summed E-state index contributed by atoms with van der Waals surface area (Å²) in [5.74, 6) is 1.31. The zero-order valence-corrected chi connectivity index (χ0v) is 12.2. The number of nitrogens with one attached hydrogen (secondary N) is 2.